The lowest BCUT2D eigenvalue weighted by molar-refractivity contribution is 0.132. The number of rotatable bonds is 7. The summed E-state index contributed by atoms with van der Waals surface area (Å²) in [5.74, 6) is 0.576. The van der Waals surface area contributed by atoms with Gasteiger partial charge in [-0.3, -0.25) is 4.90 Å². The largest absolute Gasteiger partial charge is 0.297 e. The third kappa shape index (κ3) is 4.57. The van der Waals surface area contributed by atoms with Gasteiger partial charge in [-0.15, -0.1) is 0 Å². The molecule has 0 saturated heterocycles. The third-order valence-corrected chi connectivity index (χ3v) is 7.29. The van der Waals surface area contributed by atoms with Gasteiger partial charge in [-0.2, -0.15) is 0 Å². The van der Waals surface area contributed by atoms with Crippen molar-refractivity contribution in [1.82, 2.24) is 4.90 Å². The lowest BCUT2D eigenvalue weighted by atomic mass is 9.86. The first-order valence-corrected chi connectivity index (χ1v) is 10.8. The van der Waals surface area contributed by atoms with Crippen LogP contribution in [0.4, 0.5) is 4.39 Å². The maximum absolute atomic E-state index is 13.0. The standard InChI is InChI=1S/C19H28FNO2S/c1-15-3-7-17(8-4-15)21(18-9-10-18)13-2-14-24(22,23)19-11-5-16(20)6-12-19/h5-6,11-12,15,17-18H,2-4,7-10,13-14H2,1H3. The van der Waals surface area contributed by atoms with Crippen LogP contribution in [0.2, 0.25) is 0 Å². The molecule has 3 rings (SSSR count). The van der Waals surface area contributed by atoms with Crippen LogP contribution in [0.5, 0.6) is 0 Å². The van der Waals surface area contributed by atoms with E-state index in [1.807, 2.05) is 0 Å². The van der Waals surface area contributed by atoms with Crippen molar-refractivity contribution < 1.29 is 12.8 Å². The van der Waals surface area contributed by atoms with Crippen molar-refractivity contribution in [2.75, 3.05) is 12.3 Å². The lowest BCUT2D eigenvalue weighted by Gasteiger charge is -2.36. The summed E-state index contributed by atoms with van der Waals surface area (Å²) in [6.45, 7) is 3.19. The molecule has 0 atom stereocenters. The van der Waals surface area contributed by atoms with Crippen LogP contribution in [0, 0.1) is 11.7 Å². The molecule has 0 aromatic heterocycles. The zero-order valence-corrected chi connectivity index (χ0v) is 15.3. The fourth-order valence-corrected chi connectivity index (χ4v) is 5.14. The third-order valence-electron chi connectivity index (χ3n) is 5.47. The number of sulfone groups is 1. The number of benzene rings is 1. The minimum atomic E-state index is -3.31. The van der Waals surface area contributed by atoms with E-state index in [1.54, 1.807) is 0 Å². The van der Waals surface area contributed by atoms with Crippen LogP contribution in [-0.2, 0) is 9.84 Å². The molecule has 0 aliphatic heterocycles. The van der Waals surface area contributed by atoms with Gasteiger partial charge in [0.25, 0.3) is 0 Å². The molecule has 0 bridgehead atoms. The Bertz CT molecular complexity index is 632. The predicted octanol–water partition coefficient (Wildman–Crippen LogP) is 4.03. The highest BCUT2D eigenvalue weighted by Gasteiger charge is 2.35. The summed E-state index contributed by atoms with van der Waals surface area (Å²) < 4.78 is 37.7. The molecule has 0 radical (unpaired) electrons. The average Bonchev–Trinajstić information content (AvgIpc) is 3.38. The molecule has 24 heavy (non-hydrogen) atoms. The molecule has 2 fully saturated rings. The maximum atomic E-state index is 13.0. The van der Waals surface area contributed by atoms with Crippen LogP contribution in [0.3, 0.4) is 0 Å². The van der Waals surface area contributed by atoms with Gasteiger partial charge in [0, 0.05) is 12.1 Å². The van der Waals surface area contributed by atoms with Crippen molar-refractivity contribution in [3.63, 3.8) is 0 Å². The van der Waals surface area contributed by atoms with Crippen LogP contribution in [-0.4, -0.2) is 37.7 Å². The molecule has 1 aromatic carbocycles. The molecule has 3 nitrogen and oxygen atoms in total. The van der Waals surface area contributed by atoms with Gasteiger partial charge < -0.3 is 0 Å². The van der Waals surface area contributed by atoms with Crippen LogP contribution < -0.4 is 0 Å². The summed E-state index contributed by atoms with van der Waals surface area (Å²) in [5.41, 5.74) is 0. The van der Waals surface area contributed by atoms with E-state index in [2.05, 4.69) is 11.8 Å². The Kier molecular flexibility index (Phi) is 5.60. The smallest absolute Gasteiger partial charge is 0.178 e. The van der Waals surface area contributed by atoms with Crippen LogP contribution in [0.15, 0.2) is 29.2 Å². The highest BCUT2D eigenvalue weighted by atomic mass is 32.2. The molecule has 2 aliphatic carbocycles. The molecule has 2 aliphatic rings. The Hall–Kier alpha value is -0.940. The van der Waals surface area contributed by atoms with E-state index < -0.39 is 15.7 Å². The van der Waals surface area contributed by atoms with E-state index >= 15 is 0 Å². The molecule has 0 heterocycles. The lowest BCUT2D eigenvalue weighted by Crippen LogP contribution is -2.40. The first kappa shape index (κ1) is 17.9. The van der Waals surface area contributed by atoms with Gasteiger partial charge in [0.1, 0.15) is 5.82 Å². The van der Waals surface area contributed by atoms with Gasteiger partial charge in [-0.1, -0.05) is 6.92 Å². The molecule has 0 spiro atoms. The summed E-state index contributed by atoms with van der Waals surface area (Å²) in [6, 6.07) is 6.48. The highest BCUT2D eigenvalue weighted by Crippen LogP contribution is 2.35. The Morgan fingerprint density at radius 1 is 1.00 bits per heavy atom. The summed E-state index contributed by atoms with van der Waals surface area (Å²) in [6.07, 6.45) is 8.27. The Balaban J connectivity index is 1.54. The quantitative estimate of drug-likeness (QED) is 0.695. The van der Waals surface area contributed by atoms with E-state index in [9.17, 15) is 12.8 Å². The van der Waals surface area contributed by atoms with Gasteiger partial charge in [0.15, 0.2) is 9.84 Å². The molecule has 134 valence electrons. The van der Waals surface area contributed by atoms with E-state index in [1.165, 1.54) is 62.8 Å². The van der Waals surface area contributed by atoms with Gasteiger partial charge in [0.2, 0.25) is 0 Å². The Labute approximate surface area is 145 Å². The molecular formula is C19H28FNO2S. The molecule has 2 saturated carbocycles. The summed E-state index contributed by atoms with van der Waals surface area (Å²) in [4.78, 5) is 2.81. The second-order valence-electron chi connectivity index (χ2n) is 7.51. The zero-order valence-electron chi connectivity index (χ0n) is 14.5. The SMILES string of the molecule is CC1CCC(N(CCCS(=O)(=O)c2ccc(F)cc2)C2CC2)CC1. The van der Waals surface area contributed by atoms with Crippen LogP contribution >= 0.6 is 0 Å². The minimum absolute atomic E-state index is 0.144. The predicted molar refractivity (Wildman–Crippen MR) is 94.2 cm³/mol. The summed E-state index contributed by atoms with van der Waals surface area (Å²) in [7, 11) is -3.31. The van der Waals surface area contributed by atoms with Gasteiger partial charge in [-0.25, -0.2) is 12.8 Å². The minimum Gasteiger partial charge on any atom is -0.297 e. The second-order valence-corrected chi connectivity index (χ2v) is 9.62. The van der Waals surface area contributed by atoms with E-state index in [0.717, 1.165) is 12.5 Å². The van der Waals surface area contributed by atoms with Gasteiger partial charge in [-0.05, 0) is 81.7 Å². The average molecular weight is 354 g/mol. The van der Waals surface area contributed by atoms with E-state index in [0.29, 0.717) is 18.5 Å². The fourth-order valence-electron chi connectivity index (χ4n) is 3.84. The highest BCUT2D eigenvalue weighted by molar-refractivity contribution is 7.91. The van der Waals surface area contributed by atoms with Crippen LogP contribution in [0.25, 0.3) is 0 Å². The van der Waals surface area contributed by atoms with Crippen molar-refractivity contribution >= 4 is 9.84 Å². The summed E-state index contributed by atoms with van der Waals surface area (Å²) in [5, 5.41) is 0. The fraction of sp³-hybridized carbons (Fsp3) is 0.684. The molecule has 0 N–H and O–H groups in total. The number of hydrogen-bond donors (Lipinski definition) is 0. The van der Waals surface area contributed by atoms with Crippen molar-refractivity contribution in [2.24, 2.45) is 5.92 Å². The molecule has 0 amide bonds. The van der Waals surface area contributed by atoms with Crippen molar-refractivity contribution in [3.05, 3.63) is 30.1 Å². The number of nitrogens with zero attached hydrogens (tertiary/aromatic N) is 1. The number of halogens is 1. The van der Waals surface area contributed by atoms with E-state index in [-0.39, 0.29) is 10.6 Å². The zero-order chi connectivity index (χ0) is 17.2. The monoisotopic (exact) mass is 353 g/mol. The molecule has 5 heteroatoms. The second kappa shape index (κ2) is 7.52. The first-order chi connectivity index (χ1) is 11.5. The number of hydrogen-bond acceptors (Lipinski definition) is 3. The normalized spacial score (nSPS) is 25.1. The Morgan fingerprint density at radius 3 is 2.08 bits per heavy atom. The Morgan fingerprint density at radius 2 is 1.54 bits per heavy atom. The first-order valence-electron chi connectivity index (χ1n) is 9.20. The maximum Gasteiger partial charge on any atom is 0.178 e. The van der Waals surface area contributed by atoms with Crippen molar-refractivity contribution in [1.29, 1.82) is 0 Å². The summed E-state index contributed by atoms with van der Waals surface area (Å²) >= 11 is 0. The van der Waals surface area contributed by atoms with Crippen molar-refractivity contribution in [2.45, 2.75) is 68.8 Å². The van der Waals surface area contributed by atoms with Crippen LogP contribution in [0.1, 0.15) is 51.9 Å². The van der Waals surface area contributed by atoms with Gasteiger partial charge >= 0.3 is 0 Å². The van der Waals surface area contributed by atoms with E-state index in [4.69, 9.17) is 0 Å². The van der Waals surface area contributed by atoms with Gasteiger partial charge in [0.05, 0.1) is 10.6 Å². The topological polar surface area (TPSA) is 37.4 Å². The molecule has 0 unspecified atom stereocenters. The molecule has 1 aromatic rings. The molecular weight excluding hydrogens is 325 g/mol. The van der Waals surface area contributed by atoms with Crippen molar-refractivity contribution in [3.8, 4) is 0 Å².